The Kier molecular flexibility index (Phi) is 9.89. The molecule has 0 radical (unpaired) electrons. The van der Waals surface area contributed by atoms with E-state index in [0.29, 0.717) is 94.1 Å². The number of carbonyl (C=O) groups is 6. The lowest BCUT2D eigenvalue weighted by atomic mass is 9.92. The van der Waals surface area contributed by atoms with E-state index in [9.17, 15) is 37.5 Å². The molecule has 0 saturated carbocycles. The first-order valence-electron chi connectivity index (χ1n) is 22.3. The molecule has 2 aromatic carbocycles. The fraction of sp³-hybridized carbons (Fsp3) is 0.404. The number of halogens is 2. The Morgan fingerprint density at radius 3 is 2.29 bits per heavy atom. The number of imide groups is 2. The smallest absolute Gasteiger partial charge is 0.264 e. The molecule has 6 amide bonds. The fourth-order valence-electron chi connectivity index (χ4n) is 10.8. The van der Waals surface area contributed by atoms with Crippen LogP contribution in [0.25, 0.3) is 16.8 Å². The number of piperidine rings is 2. The standard InChI is InChI=1S/C47H46F2N10O6/c1-26(60)55-15-10-37-36(24-55)44(57-12-2-4-27-16-32(33(43(48)49)19-39(27)57)30-20-50-40-5-3-11-56(40)23-30)52-59(37)31-8-13-54(14-9-31)42(62)25-53-21-28-17-34-35(18-29(28)22-53)47(65)58(46(34)64)38-6-7-41(61)51-45(38)63/h3,5,11,16-20,23,31,38,43H,2,4,6-10,12-15,21-22,24-25H2,1H3,(H,51,61,63). The van der Waals surface area contributed by atoms with E-state index in [1.807, 2.05) is 44.8 Å². The zero-order valence-corrected chi connectivity index (χ0v) is 35.8. The maximum atomic E-state index is 15.0. The zero-order chi connectivity index (χ0) is 44.8. The van der Waals surface area contributed by atoms with Crippen LogP contribution in [0.5, 0.6) is 0 Å². The normalized spacial score (nSPS) is 20.2. The molecule has 1 atom stereocenters. The summed E-state index contributed by atoms with van der Waals surface area (Å²) in [5, 5.41) is 7.49. The van der Waals surface area contributed by atoms with Crippen molar-refractivity contribution in [2.75, 3.05) is 37.6 Å². The van der Waals surface area contributed by atoms with Crippen molar-refractivity contribution in [2.45, 2.75) is 90.0 Å². The first-order valence-corrected chi connectivity index (χ1v) is 22.3. The molecule has 0 spiro atoms. The van der Waals surface area contributed by atoms with Crippen molar-refractivity contribution in [3.63, 3.8) is 0 Å². The zero-order valence-electron chi connectivity index (χ0n) is 35.8. The number of nitrogens with zero attached hydrogens (tertiary/aromatic N) is 9. The molecule has 334 valence electrons. The van der Waals surface area contributed by atoms with Crippen LogP contribution in [-0.4, -0.2) is 113 Å². The van der Waals surface area contributed by atoms with Gasteiger partial charge in [0.2, 0.25) is 23.6 Å². The molecule has 2 fully saturated rings. The van der Waals surface area contributed by atoms with Gasteiger partial charge in [0.1, 0.15) is 11.7 Å². The summed E-state index contributed by atoms with van der Waals surface area (Å²) in [6, 6.07) is 9.55. The van der Waals surface area contributed by atoms with Crippen molar-refractivity contribution in [3.8, 4) is 11.1 Å². The van der Waals surface area contributed by atoms with Crippen LogP contribution < -0.4 is 10.2 Å². The van der Waals surface area contributed by atoms with E-state index in [1.54, 1.807) is 36.2 Å². The Morgan fingerprint density at radius 1 is 0.846 bits per heavy atom. The fourth-order valence-corrected chi connectivity index (χ4v) is 10.8. The minimum atomic E-state index is -2.73. The van der Waals surface area contributed by atoms with Crippen molar-refractivity contribution < 1.29 is 37.5 Å². The van der Waals surface area contributed by atoms with E-state index >= 15 is 0 Å². The van der Waals surface area contributed by atoms with E-state index in [4.69, 9.17) is 5.10 Å². The van der Waals surface area contributed by atoms with Gasteiger partial charge in [-0.05, 0) is 90.8 Å². The van der Waals surface area contributed by atoms with Crippen LogP contribution in [0.2, 0.25) is 0 Å². The Morgan fingerprint density at radius 2 is 1.58 bits per heavy atom. The third-order valence-corrected chi connectivity index (χ3v) is 14.1. The molecular weight excluding hydrogens is 839 g/mol. The molecule has 16 nitrogen and oxygen atoms in total. The van der Waals surface area contributed by atoms with E-state index < -0.39 is 36.1 Å². The Labute approximate surface area is 371 Å². The lowest BCUT2D eigenvalue weighted by molar-refractivity contribution is -0.136. The second-order valence-electron chi connectivity index (χ2n) is 18.0. The number of aromatic nitrogens is 4. The van der Waals surface area contributed by atoms with Gasteiger partial charge in [0, 0.05) is 106 Å². The van der Waals surface area contributed by atoms with Crippen LogP contribution in [0, 0.1) is 0 Å². The van der Waals surface area contributed by atoms with Crippen molar-refractivity contribution in [2.24, 2.45) is 0 Å². The van der Waals surface area contributed by atoms with Crippen molar-refractivity contribution in [3.05, 3.63) is 99.6 Å². The predicted octanol–water partition coefficient (Wildman–Crippen LogP) is 4.70. The third-order valence-electron chi connectivity index (χ3n) is 14.1. The molecular formula is C47H46F2N10O6. The average Bonchev–Trinajstić information content (AvgIpc) is 4.08. The van der Waals surface area contributed by atoms with Gasteiger partial charge in [0.05, 0.1) is 30.3 Å². The molecule has 65 heavy (non-hydrogen) atoms. The van der Waals surface area contributed by atoms with Crippen LogP contribution in [0.1, 0.15) is 106 Å². The Hall–Kier alpha value is -6.82. The number of alkyl halides is 2. The predicted molar refractivity (Wildman–Crippen MR) is 230 cm³/mol. The molecule has 0 bridgehead atoms. The number of nitrogens with one attached hydrogen (secondary N) is 1. The number of hydrogen-bond acceptors (Lipinski definition) is 10. The molecule has 6 aliphatic rings. The van der Waals surface area contributed by atoms with Gasteiger partial charge in [-0.1, -0.05) is 0 Å². The second kappa shape index (κ2) is 15.7. The summed E-state index contributed by atoms with van der Waals surface area (Å²) in [6.07, 6.45) is 6.14. The molecule has 9 heterocycles. The van der Waals surface area contributed by atoms with Crippen LogP contribution in [0.15, 0.2) is 55.0 Å². The van der Waals surface area contributed by atoms with Gasteiger partial charge in [-0.25, -0.2) is 13.8 Å². The number of hydrogen-bond donors (Lipinski definition) is 1. The van der Waals surface area contributed by atoms with Gasteiger partial charge in [0.15, 0.2) is 5.82 Å². The molecule has 2 saturated heterocycles. The molecule has 1 N–H and O–H groups in total. The first kappa shape index (κ1) is 40.9. The number of fused-ring (bicyclic) bond motifs is 5. The highest BCUT2D eigenvalue weighted by atomic mass is 19.3. The van der Waals surface area contributed by atoms with E-state index in [2.05, 4.69) is 19.9 Å². The highest BCUT2D eigenvalue weighted by Gasteiger charge is 2.46. The minimum absolute atomic E-state index is 0.0157. The summed E-state index contributed by atoms with van der Waals surface area (Å²) >= 11 is 0. The van der Waals surface area contributed by atoms with Gasteiger partial charge in [-0.2, -0.15) is 5.10 Å². The van der Waals surface area contributed by atoms with Crippen LogP contribution >= 0.6 is 0 Å². The summed E-state index contributed by atoms with van der Waals surface area (Å²) in [5.74, 6) is -1.58. The lowest BCUT2D eigenvalue weighted by Gasteiger charge is -2.34. The largest absolute Gasteiger partial charge is 0.341 e. The maximum Gasteiger partial charge on any atom is 0.264 e. The molecule has 3 aromatic heterocycles. The molecule has 11 rings (SSSR count). The van der Waals surface area contributed by atoms with Gasteiger partial charge in [-0.15, -0.1) is 0 Å². The Balaban J connectivity index is 0.796. The van der Waals surface area contributed by atoms with E-state index in [0.717, 1.165) is 44.9 Å². The van der Waals surface area contributed by atoms with E-state index in [-0.39, 0.29) is 53.9 Å². The average molecular weight is 885 g/mol. The Bertz CT molecular complexity index is 2840. The van der Waals surface area contributed by atoms with Crippen LogP contribution in [-0.2, 0) is 51.7 Å². The lowest BCUT2D eigenvalue weighted by Crippen LogP contribution is -2.54. The van der Waals surface area contributed by atoms with Gasteiger partial charge in [0.25, 0.3) is 18.2 Å². The summed E-state index contributed by atoms with van der Waals surface area (Å²) in [6.45, 7) is 5.08. The number of benzene rings is 2. The van der Waals surface area contributed by atoms with Crippen molar-refractivity contribution >= 4 is 52.6 Å². The molecule has 18 heteroatoms. The quantitative estimate of drug-likeness (QED) is 0.227. The monoisotopic (exact) mass is 884 g/mol. The summed E-state index contributed by atoms with van der Waals surface area (Å²) < 4.78 is 33.8. The highest BCUT2D eigenvalue weighted by Crippen LogP contribution is 2.44. The van der Waals surface area contributed by atoms with Crippen LogP contribution in [0.4, 0.5) is 20.3 Å². The number of carbonyl (C=O) groups excluding carboxylic acids is 6. The number of rotatable bonds is 7. The minimum Gasteiger partial charge on any atom is -0.341 e. The van der Waals surface area contributed by atoms with Gasteiger partial charge >= 0.3 is 0 Å². The molecule has 0 aliphatic carbocycles. The SMILES string of the molecule is CC(=O)N1CCc2c(c(N3CCCc4cc(-c5cnc6cccn6c5)c(C(F)F)cc43)nn2C2CCN(C(=O)CN3Cc4cc5c(cc4C3)C(=O)N(C3CCC(=O)NC3=O)C5=O)CC2)C1. The first-order chi connectivity index (χ1) is 31.4. The van der Waals surface area contributed by atoms with Gasteiger partial charge < -0.3 is 19.1 Å². The maximum absolute atomic E-state index is 15.0. The molecule has 6 aliphatic heterocycles. The molecule has 1 unspecified atom stereocenters. The van der Waals surface area contributed by atoms with Gasteiger partial charge in [-0.3, -0.25) is 48.6 Å². The summed E-state index contributed by atoms with van der Waals surface area (Å²) in [7, 11) is 0. The summed E-state index contributed by atoms with van der Waals surface area (Å²) in [4.78, 5) is 90.7. The second-order valence-corrected chi connectivity index (χ2v) is 18.0. The number of amides is 6. The third kappa shape index (κ3) is 6.96. The summed E-state index contributed by atoms with van der Waals surface area (Å²) in [5.41, 5.74) is 7.45. The topological polar surface area (TPSA) is 166 Å². The molecule has 5 aromatic rings. The van der Waals surface area contributed by atoms with Crippen molar-refractivity contribution in [1.82, 2.24) is 44.1 Å². The number of aryl methyl sites for hydroxylation is 1. The highest BCUT2D eigenvalue weighted by molar-refractivity contribution is 6.23. The van der Waals surface area contributed by atoms with Crippen LogP contribution in [0.3, 0.4) is 0 Å². The number of likely N-dealkylation sites (tertiary alicyclic amines) is 1. The van der Waals surface area contributed by atoms with E-state index in [1.165, 1.54) is 0 Å². The van der Waals surface area contributed by atoms with Crippen molar-refractivity contribution in [1.29, 1.82) is 0 Å². The number of anilines is 2.